The van der Waals surface area contributed by atoms with E-state index in [9.17, 15) is 9.90 Å². The normalized spacial score (nSPS) is 12.5. The molecule has 0 saturated carbocycles. The number of aliphatic hydroxyl groups is 1. The minimum Gasteiger partial charge on any atom is -0.464 e. The Morgan fingerprint density at radius 1 is 1.43 bits per heavy atom. The number of aromatic nitrogens is 5. The summed E-state index contributed by atoms with van der Waals surface area (Å²) in [4.78, 5) is 11.9. The van der Waals surface area contributed by atoms with E-state index in [1.165, 1.54) is 11.8 Å². The third-order valence-electron chi connectivity index (χ3n) is 3.30. The summed E-state index contributed by atoms with van der Waals surface area (Å²) in [7, 11) is 3.12. The summed E-state index contributed by atoms with van der Waals surface area (Å²) in [5.74, 6) is -0.565. The number of hydrogen-bond donors (Lipinski definition) is 1. The molecule has 0 bridgehead atoms. The average Bonchev–Trinajstić information content (AvgIpc) is 2.90. The molecule has 0 radical (unpaired) electrons. The monoisotopic (exact) mass is 293 g/mol. The van der Waals surface area contributed by atoms with Gasteiger partial charge in [-0.2, -0.15) is 5.10 Å². The molecule has 0 saturated heterocycles. The first kappa shape index (κ1) is 15.2. The number of methoxy groups -OCH3 is 1. The van der Waals surface area contributed by atoms with Crippen LogP contribution >= 0.6 is 0 Å². The zero-order valence-electron chi connectivity index (χ0n) is 12.8. The minimum absolute atomic E-state index is 0.123. The van der Waals surface area contributed by atoms with Gasteiger partial charge in [0, 0.05) is 18.3 Å². The molecular weight excluding hydrogens is 274 g/mol. The van der Waals surface area contributed by atoms with Gasteiger partial charge in [0.1, 0.15) is 5.69 Å². The van der Waals surface area contributed by atoms with Crippen LogP contribution in [0.15, 0.2) is 0 Å². The van der Waals surface area contributed by atoms with Crippen LogP contribution in [0.3, 0.4) is 0 Å². The lowest BCUT2D eigenvalue weighted by atomic mass is 10.1. The molecule has 8 nitrogen and oxygen atoms in total. The van der Waals surface area contributed by atoms with E-state index in [2.05, 4.69) is 15.4 Å². The second kappa shape index (κ2) is 5.65. The number of hydrogen-bond acceptors (Lipinski definition) is 6. The Balaban J connectivity index is 2.68. The molecular formula is C13H19N5O3. The molecule has 2 heterocycles. The molecule has 21 heavy (non-hydrogen) atoms. The van der Waals surface area contributed by atoms with E-state index in [1.807, 2.05) is 20.9 Å². The predicted molar refractivity (Wildman–Crippen MR) is 74.7 cm³/mol. The van der Waals surface area contributed by atoms with Crippen molar-refractivity contribution in [3.8, 4) is 11.3 Å². The molecule has 0 aromatic carbocycles. The highest BCUT2D eigenvalue weighted by molar-refractivity contribution is 5.94. The van der Waals surface area contributed by atoms with Crippen LogP contribution in [0.25, 0.3) is 11.3 Å². The Bertz CT molecular complexity index is 672. The van der Waals surface area contributed by atoms with Crippen LogP contribution in [0.4, 0.5) is 0 Å². The summed E-state index contributed by atoms with van der Waals surface area (Å²) in [6.07, 6.45) is -0.617. The molecule has 2 rings (SSSR count). The Kier molecular flexibility index (Phi) is 4.08. The first-order chi connectivity index (χ1) is 9.86. The van der Waals surface area contributed by atoms with Gasteiger partial charge < -0.3 is 9.84 Å². The molecule has 2 aromatic heterocycles. The molecule has 0 amide bonds. The summed E-state index contributed by atoms with van der Waals surface area (Å²) in [5.41, 5.74) is 3.06. The van der Waals surface area contributed by atoms with E-state index in [0.717, 1.165) is 17.0 Å². The minimum atomic E-state index is -0.617. The number of nitrogens with zero attached hydrogens (tertiary/aromatic N) is 5. The van der Waals surface area contributed by atoms with Crippen molar-refractivity contribution in [2.24, 2.45) is 7.05 Å². The Hall–Kier alpha value is -2.22. The fraction of sp³-hybridized carbons (Fsp3) is 0.538. The lowest BCUT2D eigenvalue weighted by Crippen LogP contribution is -2.15. The average molecular weight is 293 g/mol. The van der Waals surface area contributed by atoms with Gasteiger partial charge in [-0.15, -0.1) is 5.10 Å². The molecule has 114 valence electrons. The molecule has 0 aliphatic rings. The number of ether oxygens (including phenoxy) is 1. The van der Waals surface area contributed by atoms with Crippen LogP contribution in [-0.2, 0) is 18.3 Å². The van der Waals surface area contributed by atoms with Crippen LogP contribution in [0.1, 0.15) is 28.8 Å². The summed E-state index contributed by atoms with van der Waals surface area (Å²) in [6.45, 7) is 5.62. The number of rotatable bonds is 4. The fourth-order valence-corrected chi connectivity index (χ4v) is 2.29. The predicted octanol–water partition coefficient (Wildman–Crippen LogP) is 0.463. The number of carbonyl (C=O) groups excluding carboxylic acids is 1. The first-order valence-corrected chi connectivity index (χ1v) is 6.57. The summed E-state index contributed by atoms with van der Waals surface area (Å²) >= 11 is 0. The zero-order chi connectivity index (χ0) is 15.7. The zero-order valence-corrected chi connectivity index (χ0v) is 12.8. The van der Waals surface area contributed by atoms with Gasteiger partial charge in [-0.3, -0.25) is 4.68 Å². The SMILES string of the molecule is COC(=O)c1nnn(CC(C)O)c1-c1c(C)nn(C)c1C. The number of aliphatic hydroxyl groups excluding tert-OH is 1. The number of esters is 1. The topological polar surface area (TPSA) is 95.1 Å². The highest BCUT2D eigenvalue weighted by atomic mass is 16.5. The van der Waals surface area contributed by atoms with Gasteiger partial charge in [0.25, 0.3) is 0 Å². The van der Waals surface area contributed by atoms with Crippen LogP contribution in [0.2, 0.25) is 0 Å². The maximum Gasteiger partial charge on any atom is 0.360 e. The second-order valence-electron chi connectivity index (χ2n) is 4.98. The standard InChI is InChI=1S/C13H19N5O3/c1-7(19)6-18-12(11(14-16-18)13(20)21-5)10-8(2)15-17(4)9(10)3/h7,19H,6H2,1-5H3. The van der Waals surface area contributed by atoms with Gasteiger partial charge in [-0.05, 0) is 20.8 Å². The van der Waals surface area contributed by atoms with E-state index < -0.39 is 12.1 Å². The van der Waals surface area contributed by atoms with Crippen molar-refractivity contribution < 1.29 is 14.6 Å². The molecule has 0 aliphatic heterocycles. The lowest BCUT2D eigenvalue weighted by molar-refractivity contribution is 0.0594. The molecule has 0 spiro atoms. The van der Waals surface area contributed by atoms with Gasteiger partial charge in [0.2, 0.25) is 0 Å². The summed E-state index contributed by atoms with van der Waals surface area (Å²) in [6, 6.07) is 0. The van der Waals surface area contributed by atoms with Crippen molar-refractivity contribution in [1.82, 2.24) is 24.8 Å². The third-order valence-corrected chi connectivity index (χ3v) is 3.30. The van der Waals surface area contributed by atoms with Crippen LogP contribution in [0.5, 0.6) is 0 Å². The summed E-state index contributed by atoms with van der Waals surface area (Å²) in [5, 5.41) is 21.8. The van der Waals surface area contributed by atoms with Crippen LogP contribution in [0, 0.1) is 13.8 Å². The quantitative estimate of drug-likeness (QED) is 0.823. The molecule has 1 N–H and O–H groups in total. The summed E-state index contributed by atoms with van der Waals surface area (Å²) < 4.78 is 7.99. The third kappa shape index (κ3) is 2.66. The molecule has 0 fully saturated rings. The van der Waals surface area contributed by atoms with Crippen LogP contribution < -0.4 is 0 Å². The molecule has 2 aromatic rings. The van der Waals surface area contributed by atoms with Crippen molar-refractivity contribution >= 4 is 5.97 Å². The van der Waals surface area contributed by atoms with E-state index in [1.54, 1.807) is 11.6 Å². The fourth-order valence-electron chi connectivity index (χ4n) is 2.29. The van der Waals surface area contributed by atoms with Gasteiger partial charge >= 0.3 is 5.97 Å². The molecule has 0 aliphatic carbocycles. The second-order valence-corrected chi connectivity index (χ2v) is 4.98. The van der Waals surface area contributed by atoms with E-state index in [0.29, 0.717) is 5.69 Å². The van der Waals surface area contributed by atoms with E-state index in [-0.39, 0.29) is 12.2 Å². The van der Waals surface area contributed by atoms with E-state index >= 15 is 0 Å². The van der Waals surface area contributed by atoms with E-state index in [4.69, 9.17) is 4.74 Å². The highest BCUT2D eigenvalue weighted by Crippen LogP contribution is 2.29. The molecule has 1 unspecified atom stereocenters. The van der Waals surface area contributed by atoms with Gasteiger partial charge in [-0.1, -0.05) is 5.21 Å². The van der Waals surface area contributed by atoms with Crippen molar-refractivity contribution in [3.63, 3.8) is 0 Å². The van der Waals surface area contributed by atoms with Crippen molar-refractivity contribution in [3.05, 3.63) is 17.1 Å². The van der Waals surface area contributed by atoms with Gasteiger partial charge in [-0.25, -0.2) is 9.48 Å². The van der Waals surface area contributed by atoms with Crippen molar-refractivity contribution in [2.45, 2.75) is 33.4 Å². The highest BCUT2D eigenvalue weighted by Gasteiger charge is 2.26. The van der Waals surface area contributed by atoms with Gasteiger partial charge in [0.05, 0.1) is 25.5 Å². The molecule has 8 heteroatoms. The van der Waals surface area contributed by atoms with Gasteiger partial charge in [0.15, 0.2) is 5.69 Å². The number of aryl methyl sites for hydroxylation is 2. The van der Waals surface area contributed by atoms with Crippen molar-refractivity contribution in [1.29, 1.82) is 0 Å². The smallest absolute Gasteiger partial charge is 0.360 e. The van der Waals surface area contributed by atoms with Crippen molar-refractivity contribution in [2.75, 3.05) is 7.11 Å². The Morgan fingerprint density at radius 3 is 2.57 bits per heavy atom. The maximum atomic E-state index is 11.9. The number of carbonyl (C=O) groups is 1. The first-order valence-electron chi connectivity index (χ1n) is 6.57. The van der Waals surface area contributed by atoms with Crippen LogP contribution in [-0.4, -0.2) is 49.1 Å². The Labute approximate surface area is 122 Å². The molecule has 1 atom stereocenters. The lowest BCUT2D eigenvalue weighted by Gasteiger charge is -2.10. The largest absolute Gasteiger partial charge is 0.464 e. The maximum absolute atomic E-state index is 11.9. The Morgan fingerprint density at radius 2 is 2.10 bits per heavy atom.